The molecule has 0 spiro atoms. The number of aliphatic carboxylic acids is 1. The molecule has 0 heterocycles. The zero-order valence-corrected chi connectivity index (χ0v) is 10.3. The summed E-state index contributed by atoms with van der Waals surface area (Å²) in [6.45, 7) is 0. The number of aryl methyl sites for hydroxylation is 1. The highest BCUT2D eigenvalue weighted by Crippen LogP contribution is 2.14. The predicted octanol–water partition coefficient (Wildman–Crippen LogP) is 2.81. The summed E-state index contributed by atoms with van der Waals surface area (Å²) in [4.78, 5) is 11.0. The highest BCUT2D eigenvalue weighted by atomic mass is 35.5. The highest BCUT2D eigenvalue weighted by molar-refractivity contribution is 6.31. The molecule has 0 amide bonds. The van der Waals surface area contributed by atoms with Gasteiger partial charge in [-0.05, 0) is 36.6 Å². The summed E-state index contributed by atoms with van der Waals surface area (Å²) in [6, 6.07) is 6.04. The quantitative estimate of drug-likeness (QED) is 0.638. The van der Waals surface area contributed by atoms with Crippen molar-refractivity contribution in [1.82, 2.24) is 0 Å². The van der Waals surface area contributed by atoms with Crippen LogP contribution in [0.1, 0.15) is 12.0 Å². The highest BCUT2D eigenvalue weighted by Gasteiger charge is 2.08. The van der Waals surface area contributed by atoms with Crippen LogP contribution in [-0.4, -0.2) is 11.1 Å². The molecular formula is C13H13ClFNO2. The topological polar surface area (TPSA) is 63.3 Å². The molecule has 0 aliphatic carbocycles. The van der Waals surface area contributed by atoms with Crippen LogP contribution in [0.15, 0.2) is 47.1 Å². The molecule has 18 heavy (non-hydrogen) atoms. The van der Waals surface area contributed by atoms with E-state index in [0.717, 1.165) is 11.8 Å². The first-order valence-corrected chi connectivity index (χ1v) is 5.66. The van der Waals surface area contributed by atoms with E-state index in [1.54, 1.807) is 12.1 Å². The molecule has 0 radical (unpaired) electrons. The molecular weight excluding hydrogens is 257 g/mol. The van der Waals surface area contributed by atoms with Gasteiger partial charge >= 0.3 is 5.97 Å². The van der Waals surface area contributed by atoms with Crippen LogP contribution in [0, 0.1) is 5.82 Å². The van der Waals surface area contributed by atoms with E-state index in [2.05, 4.69) is 0 Å². The fourth-order valence-electron chi connectivity index (χ4n) is 1.43. The van der Waals surface area contributed by atoms with E-state index in [1.807, 2.05) is 0 Å². The van der Waals surface area contributed by atoms with Crippen LogP contribution in [0.2, 0.25) is 0 Å². The molecule has 0 saturated carbocycles. The fourth-order valence-corrected chi connectivity index (χ4v) is 1.56. The van der Waals surface area contributed by atoms with Gasteiger partial charge in [-0.1, -0.05) is 23.7 Å². The normalized spacial score (nSPS) is 12.6. The molecule has 0 saturated heterocycles. The maximum absolute atomic E-state index is 12.9. The van der Waals surface area contributed by atoms with Crippen molar-refractivity contribution in [2.75, 3.05) is 0 Å². The fraction of sp³-hybridized carbons (Fsp3) is 0.154. The zero-order valence-electron chi connectivity index (χ0n) is 9.57. The smallest absolute Gasteiger partial charge is 0.331 e. The number of allylic oxidation sites excluding steroid dienone is 2. The number of carbonyl (C=O) groups is 1. The van der Waals surface area contributed by atoms with Crippen molar-refractivity contribution in [3.63, 3.8) is 0 Å². The van der Waals surface area contributed by atoms with Gasteiger partial charge in [0.05, 0.1) is 5.03 Å². The van der Waals surface area contributed by atoms with Crippen LogP contribution in [0.4, 0.5) is 4.39 Å². The minimum absolute atomic E-state index is 0.131. The largest absolute Gasteiger partial charge is 0.478 e. The van der Waals surface area contributed by atoms with Crippen LogP contribution in [0.3, 0.4) is 0 Å². The molecule has 0 atom stereocenters. The Balaban J connectivity index is 2.75. The van der Waals surface area contributed by atoms with Crippen LogP contribution >= 0.6 is 11.6 Å². The van der Waals surface area contributed by atoms with E-state index in [1.165, 1.54) is 18.2 Å². The molecule has 0 aliphatic rings. The number of hydrogen-bond donors (Lipinski definition) is 2. The molecule has 0 unspecified atom stereocenters. The maximum atomic E-state index is 12.9. The van der Waals surface area contributed by atoms with Gasteiger partial charge in [-0.15, -0.1) is 0 Å². The third-order valence-electron chi connectivity index (χ3n) is 2.32. The van der Waals surface area contributed by atoms with Crippen LogP contribution < -0.4 is 5.73 Å². The molecule has 96 valence electrons. The van der Waals surface area contributed by atoms with E-state index in [4.69, 9.17) is 22.4 Å². The lowest BCUT2D eigenvalue weighted by atomic mass is 10.0. The van der Waals surface area contributed by atoms with Crippen molar-refractivity contribution in [3.05, 3.63) is 58.5 Å². The monoisotopic (exact) mass is 269 g/mol. The third-order valence-corrected chi connectivity index (χ3v) is 2.55. The average molecular weight is 270 g/mol. The molecule has 1 aromatic carbocycles. The first-order chi connectivity index (χ1) is 8.52. The lowest BCUT2D eigenvalue weighted by Crippen LogP contribution is -2.03. The molecule has 1 aromatic rings. The minimum atomic E-state index is -1.06. The van der Waals surface area contributed by atoms with Gasteiger partial charge < -0.3 is 10.8 Å². The van der Waals surface area contributed by atoms with E-state index in [0.29, 0.717) is 6.42 Å². The Kier molecular flexibility index (Phi) is 5.39. The first-order valence-electron chi connectivity index (χ1n) is 5.28. The minimum Gasteiger partial charge on any atom is -0.478 e. The molecule has 5 heteroatoms. The summed E-state index contributed by atoms with van der Waals surface area (Å²) in [5.74, 6) is -1.40. The van der Waals surface area contributed by atoms with Crippen molar-refractivity contribution in [2.45, 2.75) is 12.8 Å². The zero-order chi connectivity index (χ0) is 13.5. The number of nitrogens with two attached hydrogens (primary N) is 1. The number of benzene rings is 1. The Bertz CT molecular complexity index is 498. The van der Waals surface area contributed by atoms with Gasteiger partial charge in [0.25, 0.3) is 0 Å². The summed E-state index contributed by atoms with van der Waals surface area (Å²) in [5.41, 5.74) is 6.03. The second-order valence-electron chi connectivity index (χ2n) is 3.66. The van der Waals surface area contributed by atoms with Gasteiger partial charge in [-0.25, -0.2) is 9.18 Å². The molecule has 0 aliphatic heterocycles. The van der Waals surface area contributed by atoms with E-state index in [-0.39, 0.29) is 22.8 Å². The van der Waals surface area contributed by atoms with Gasteiger partial charge in [-0.3, -0.25) is 0 Å². The molecule has 0 aromatic heterocycles. The second kappa shape index (κ2) is 6.81. The average Bonchev–Trinajstić information content (AvgIpc) is 2.33. The van der Waals surface area contributed by atoms with Crippen LogP contribution in [0.5, 0.6) is 0 Å². The summed E-state index contributed by atoms with van der Waals surface area (Å²) < 4.78 is 12.9. The SMILES string of the molecule is N/C=C(Cl)\C=C(/CCc1cccc(F)c1)C(=O)O. The van der Waals surface area contributed by atoms with Crippen molar-refractivity contribution >= 4 is 17.6 Å². The predicted molar refractivity (Wildman–Crippen MR) is 68.6 cm³/mol. The third kappa shape index (κ3) is 4.59. The molecule has 1 rings (SSSR count). The first kappa shape index (κ1) is 14.3. The molecule has 0 fully saturated rings. The van der Waals surface area contributed by atoms with Crippen molar-refractivity contribution < 1.29 is 14.3 Å². The van der Waals surface area contributed by atoms with E-state index in [9.17, 15) is 9.18 Å². The van der Waals surface area contributed by atoms with Gasteiger partial charge in [0.2, 0.25) is 0 Å². The summed E-state index contributed by atoms with van der Waals surface area (Å²) in [5, 5.41) is 9.14. The van der Waals surface area contributed by atoms with Crippen molar-refractivity contribution in [3.8, 4) is 0 Å². The second-order valence-corrected chi connectivity index (χ2v) is 4.09. The molecule has 0 bridgehead atoms. The van der Waals surface area contributed by atoms with Crippen molar-refractivity contribution in [2.24, 2.45) is 5.73 Å². The van der Waals surface area contributed by atoms with E-state index >= 15 is 0 Å². The van der Waals surface area contributed by atoms with Gasteiger partial charge in [0.15, 0.2) is 0 Å². The maximum Gasteiger partial charge on any atom is 0.331 e. The van der Waals surface area contributed by atoms with Crippen LogP contribution in [-0.2, 0) is 11.2 Å². The van der Waals surface area contributed by atoms with Crippen molar-refractivity contribution in [1.29, 1.82) is 0 Å². The Morgan fingerprint density at radius 2 is 2.22 bits per heavy atom. The lowest BCUT2D eigenvalue weighted by Gasteiger charge is -2.03. The Hall–Kier alpha value is -1.81. The van der Waals surface area contributed by atoms with E-state index < -0.39 is 5.97 Å². The number of halogens is 2. The summed E-state index contributed by atoms with van der Waals surface area (Å²) >= 11 is 5.65. The van der Waals surface area contributed by atoms with Crippen LogP contribution in [0.25, 0.3) is 0 Å². The molecule has 3 N–H and O–H groups in total. The summed E-state index contributed by atoms with van der Waals surface area (Å²) in [7, 11) is 0. The van der Waals surface area contributed by atoms with Gasteiger partial charge in [-0.2, -0.15) is 0 Å². The number of carboxylic acids is 1. The Morgan fingerprint density at radius 3 is 2.78 bits per heavy atom. The number of carboxylic acid groups (broad SMARTS) is 1. The van der Waals surface area contributed by atoms with Gasteiger partial charge in [0.1, 0.15) is 5.82 Å². The number of hydrogen-bond acceptors (Lipinski definition) is 2. The number of rotatable bonds is 5. The van der Waals surface area contributed by atoms with Gasteiger partial charge in [0, 0.05) is 11.8 Å². The summed E-state index contributed by atoms with van der Waals surface area (Å²) in [6.07, 6.45) is 3.09. The molecule has 3 nitrogen and oxygen atoms in total. The Morgan fingerprint density at radius 1 is 1.50 bits per heavy atom. The standard InChI is InChI=1S/C13H13ClFNO2/c14-11(8-16)7-10(13(17)18)5-4-9-2-1-3-12(15)6-9/h1-3,6-8H,4-5,16H2,(H,17,18)/b10-7+,11-8+. The Labute approximate surface area is 109 Å². The lowest BCUT2D eigenvalue weighted by molar-refractivity contribution is -0.132.